The van der Waals surface area contributed by atoms with Crippen LogP contribution in [-0.4, -0.2) is 41.1 Å². The number of amides is 1. The molecule has 1 saturated carbocycles. The average molecular weight is 388 g/mol. The number of nitrogens with one attached hydrogen (secondary N) is 1. The molecule has 2 aliphatic rings. The Morgan fingerprint density at radius 3 is 2.43 bits per heavy atom. The van der Waals surface area contributed by atoms with Gasteiger partial charge in [0.05, 0.1) is 6.42 Å². The van der Waals surface area contributed by atoms with Crippen LogP contribution >= 0.6 is 0 Å². The first-order valence-electron chi connectivity index (χ1n) is 10.7. The number of pyridine rings is 1. The first kappa shape index (κ1) is 20.6. The van der Waals surface area contributed by atoms with Crippen LogP contribution in [0.4, 0.5) is 5.69 Å². The highest BCUT2D eigenvalue weighted by Gasteiger charge is 2.40. The molecule has 1 aromatic heterocycles. The maximum absolute atomic E-state index is 12.7. The molecule has 1 amide bonds. The van der Waals surface area contributed by atoms with Gasteiger partial charge in [0.2, 0.25) is 5.91 Å². The second-order valence-electron chi connectivity index (χ2n) is 8.56. The van der Waals surface area contributed by atoms with Crippen LogP contribution in [0.1, 0.15) is 64.7 Å². The number of carbonyl (C=O) groups is 2. The molecule has 2 heterocycles. The predicted octanol–water partition coefficient (Wildman–Crippen LogP) is 3.62. The second kappa shape index (κ2) is 9.39. The van der Waals surface area contributed by atoms with Gasteiger partial charge < -0.3 is 15.3 Å². The molecule has 2 N–H and O–H groups in total. The second-order valence-corrected chi connectivity index (χ2v) is 8.56. The Balaban J connectivity index is 1.47. The molecule has 1 aliphatic heterocycles. The molecular formula is C22H33N3O3. The lowest BCUT2D eigenvalue weighted by molar-refractivity contribution is -0.138. The van der Waals surface area contributed by atoms with Gasteiger partial charge in [-0.25, -0.2) is 0 Å². The third-order valence-corrected chi connectivity index (χ3v) is 6.67. The minimum absolute atomic E-state index is 0.0150. The van der Waals surface area contributed by atoms with Crippen LogP contribution in [0.25, 0.3) is 0 Å². The molecule has 154 valence electrons. The highest BCUT2D eigenvalue weighted by Crippen LogP contribution is 2.46. The van der Waals surface area contributed by atoms with E-state index in [-0.39, 0.29) is 24.3 Å². The van der Waals surface area contributed by atoms with Gasteiger partial charge in [0.1, 0.15) is 0 Å². The highest BCUT2D eigenvalue weighted by molar-refractivity contribution is 5.79. The standard InChI is InChI=1S/C22H33N3O3/c1-2-3-18(16-20(26)27)24-21(28)17-4-8-22(9-5-17)10-14-25(15-11-22)19-6-12-23-13-7-19/h6-7,12-13,17-18H,2-5,8-11,14-16H2,1H3,(H,24,28)(H,26,27). The van der Waals surface area contributed by atoms with Crippen LogP contribution in [0, 0.1) is 11.3 Å². The Kier molecular flexibility index (Phi) is 6.92. The summed E-state index contributed by atoms with van der Waals surface area (Å²) >= 11 is 0. The van der Waals surface area contributed by atoms with Crippen molar-refractivity contribution in [2.24, 2.45) is 11.3 Å². The first-order valence-corrected chi connectivity index (χ1v) is 10.7. The fourth-order valence-electron chi connectivity index (χ4n) is 4.89. The van der Waals surface area contributed by atoms with Crippen LogP contribution in [0.15, 0.2) is 24.5 Å². The summed E-state index contributed by atoms with van der Waals surface area (Å²) in [6.45, 7) is 4.15. The molecule has 1 aliphatic carbocycles. The Hall–Kier alpha value is -2.11. The Morgan fingerprint density at radius 2 is 1.86 bits per heavy atom. The van der Waals surface area contributed by atoms with E-state index in [4.69, 9.17) is 5.11 Å². The van der Waals surface area contributed by atoms with Crippen molar-refractivity contribution >= 4 is 17.6 Å². The van der Waals surface area contributed by atoms with Crippen molar-refractivity contribution in [2.45, 2.75) is 70.8 Å². The van der Waals surface area contributed by atoms with Crippen molar-refractivity contribution in [1.29, 1.82) is 0 Å². The van der Waals surface area contributed by atoms with Gasteiger partial charge in [-0.1, -0.05) is 13.3 Å². The van der Waals surface area contributed by atoms with E-state index in [1.165, 1.54) is 18.5 Å². The Labute approximate surface area is 167 Å². The zero-order chi connectivity index (χ0) is 20.0. The van der Waals surface area contributed by atoms with Gasteiger partial charge in [-0.05, 0) is 62.5 Å². The van der Waals surface area contributed by atoms with Crippen molar-refractivity contribution in [1.82, 2.24) is 10.3 Å². The molecule has 1 atom stereocenters. The summed E-state index contributed by atoms with van der Waals surface area (Å²) in [4.78, 5) is 30.2. The topological polar surface area (TPSA) is 82.5 Å². The van der Waals surface area contributed by atoms with Crippen LogP contribution in [0.5, 0.6) is 0 Å². The molecule has 2 fully saturated rings. The molecular weight excluding hydrogens is 354 g/mol. The number of aliphatic carboxylic acids is 1. The Bertz CT molecular complexity index is 646. The summed E-state index contributed by atoms with van der Waals surface area (Å²) in [6, 6.07) is 3.90. The van der Waals surface area contributed by atoms with Crippen molar-refractivity contribution < 1.29 is 14.7 Å². The molecule has 1 saturated heterocycles. The van der Waals surface area contributed by atoms with Crippen molar-refractivity contribution in [3.05, 3.63) is 24.5 Å². The van der Waals surface area contributed by atoms with E-state index < -0.39 is 5.97 Å². The molecule has 1 unspecified atom stereocenters. The number of nitrogens with zero attached hydrogens (tertiary/aromatic N) is 2. The number of hydrogen-bond donors (Lipinski definition) is 2. The summed E-state index contributed by atoms with van der Waals surface area (Å²) in [5, 5.41) is 12.0. The zero-order valence-corrected chi connectivity index (χ0v) is 16.9. The van der Waals surface area contributed by atoms with E-state index in [1.54, 1.807) is 0 Å². The van der Waals surface area contributed by atoms with Crippen LogP contribution in [0.3, 0.4) is 0 Å². The van der Waals surface area contributed by atoms with Gasteiger partial charge in [-0.2, -0.15) is 0 Å². The van der Waals surface area contributed by atoms with E-state index in [0.717, 1.165) is 51.6 Å². The normalized spacial score (nSPS) is 20.7. The van der Waals surface area contributed by atoms with E-state index in [2.05, 4.69) is 27.3 Å². The van der Waals surface area contributed by atoms with Crippen molar-refractivity contribution in [3.63, 3.8) is 0 Å². The lowest BCUT2D eigenvalue weighted by Crippen LogP contribution is -2.45. The molecule has 1 aromatic rings. The van der Waals surface area contributed by atoms with E-state index >= 15 is 0 Å². The van der Waals surface area contributed by atoms with Gasteiger partial charge >= 0.3 is 5.97 Å². The molecule has 1 spiro atoms. The lowest BCUT2D eigenvalue weighted by Gasteiger charge is -2.46. The number of rotatable bonds is 7. The number of carboxylic acids is 1. The SMILES string of the molecule is CCCC(CC(=O)O)NC(=O)C1CCC2(CC1)CCN(c1ccncc1)CC2. The third kappa shape index (κ3) is 5.24. The number of carboxylic acid groups (broad SMARTS) is 1. The van der Waals surface area contributed by atoms with Crippen LogP contribution < -0.4 is 10.2 Å². The summed E-state index contributed by atoms with van der Waals surface area (Å²) in [7, 11) is 0. The average Bonchev–Trinajstić information content (AvgIpc) is 2.69. The molecule has 6 heteroatoms. The molecule has 28 heavy (non-hydrogen) atoms. The smallest absolute Gasteiger partial charge is 0.305 e. The molecule has 0 bridgehead atoms. The van der Waals surface area contributed by atoms with Crippen molar-refractivity contribution in [2.75, 3.05) is 18.0 Å². The van der Waals surface area contributed by atoms with Gasteiger partial charge in [0, 0.05) is 43.1 Å². The summed E-state index contributed by atoms with van der Waals surface area (Å²) in [6.07, 6.45) is 11.7. The first-order chi connectivity index (χ1) is 13.5. The minimum atomic E-state index is -0.845. The fourth-order valence-corrected chi connectivity index (χ4v) is 4.89. The number of hydrogen-bond acceptors (Lipinski definition) is 4. The molecule has 6 nitrogen and oxygen atoms in total. The molecule has 3 rings (SSSR count). The quantitative estimate of drug-likeness (QED) is 0.747. The molecule has 0 aromatic carbocycles. The summed E-state index contributed by atoms with van der Waals surface area (Å²) in [5.74, 6) is -0.747. The largest absolute Gasteiger partial charge is 0.481 e. The molecule has 0 radical (unpaired) electrons. The van der Waals surface area contributed by atoms with Gasteiger partial charge in [-0.15, -0.1) is 0 Å². The fraction of sp³-hybridized carbons (Fsp3) is 0.682. The number of aromatic nitrogens is 1. The summed E-state index contributed by atoms with van der Waals surface area (Å²) < 4.78 is 0. The van der Waals surface area contributed by atoms with Crippen LogP contribution in [0.2, 0.25) is 0 Å². The monoisotopic (exact) mass is 387 g/mol. The number of anilines is 1. The highest BCUT2D eigenvalue weighted by atomic mass is 16.4. The van der Waals surface area contributed by atoms with E-state index in [1.807, 2.05) is 19.3 Å². The minimum Gasteiger partial charge on any atom is -0.481 e. The zero-order valence-electron chi connectivity index (χ0n) is 16.9. The Morgan fingerprint density at radius 1 is 1.21 bits per heavy atom. The maximum atomic E-state index is 12.7. The summed E-state index contributed by atoms with van der Waals surface area (Å²) in [5.41, 5.74) is 1.63. The van der Waals surface area contributed by atoms with Gasteiger partial charge in [-0.3, -0.25) is 14.6 Å². The van der Waals surface area contributed by atoms with E-state index in [9.17, 15) is 9.59 Å². The van der Waals surface area contributed by atoms with Crippen LogP contribution in [-0.2, 0) is 9.59 Å². The number of piperidine rings is 1. The predicted molar refractivity (Wildman–Crippen MR) is 109 cm³/mol. The lowest BCUT2D eigenvalue weighted by atomic mass is 9.65. The third-order valence-electron chi connectivity index (χ3n) is 6.67. The van der Waals surface area contributed by atoms with Gasteiger partial charge in [0.25, 0.3) is 0 Å². The maximum Gasteiger partial charge on any atom is 0.305 e. The number of carbonyl (C=O) groups excluding carboxylic acids is 1. The van der Waals surface area contributed by atoms with Crippen molar-refractivity contribution in [3.8, 4) is 0 Å². The van der Waals surface area contributed by atoms with E-state index in [0.29, 0.717) is 5.41 Å². The van der Waals surface area contributed by atoms with Gasteiger partial charge in [0.15, 0.2) is 0 Å².